The molecule has 6 heteroatoms. The summed E-state index contributed by atoms with van der Waals surface area (Å²) in [7, 11) is 0. The molecule has 0 unspecified atom stereocenters. The summed E-state index contributed by atoms with van der Waals surface area (Å²) >= 11 is 1.76. The Morgan fingerprint density at radius 2 is 1.79 bits per heavy atom. The Hall–Kier alpha value is -1.56. The first-order chi connectivity index (χ1) is 11.2. The molecule has 1 rings (SSSR count). The zero-order chi connectivity index (χ0) is 18.2. The first-order valence-electron chi connectivity index (χ1n) is 8.57. The number of hydrogen-bond acceptors (Lipinski definition) is 3. The number of hydrogen-bond donors (Lipinski definition) is 3. The largest absolute Gasteiger partial charge is 0.357 e. The molecule has 0 spiro atoms. The normalized spacial score (nSPS) is 12.8. The molecule has 0 atom stereocenters. The molecule has 1 aromatic heterocycles. The van der Waals surface area contributed by atoms with E-state index in [1.807, 2.05) is 27.7 Å². The second-order valence-electron chi connectivity index (χ2n) is 7.15. The summed E-state index contributed by atoms with van der Waals surface area (Å²) in [6.07, 6.45) is 0. The highest BCUT2D eigenvalue weighted by Gasteiger charge is 2.27. The molecule has 5 nitrogen and oxygen atoms in total. The molecule has 0 saturated carbocycles. The second kappa shape index (κ2) is 9.06. The Labute approximate surface area is 150 Å². The zero-order valence-corrected chi connectivity index (χ0v) is 16.6. The topological polar surface area (TPSA) is 65.5 Å². The van der Waals surface area contributed by atoms with E-state index in [1.54, 1.807) is 11.3 Å². The Morgan fingerprint density at radius 1 is 1.12 bits per heavy atom. The first kappa shape index (κ1) is 20.5. The van der Waals surface area contributed by atoms with Crippen molar-refractivity contribution in [3.05, 3.63) is 22.4 Å². The van der Waals surface area contributed by atoms with Crippen LogP contribution in [-0.2, 0) is 10.2 Å². The molecule has 0 aliphatic heterocycles. The average molecular weight is 353 g/mol. The highest BCUT2D eigenvalue weighted by Crippen LogP contribution is 2.27. The van der Waals surface area contributed by atoms with Gasteiger partial charge in [-0.25, -0.2) is 0 Å². The van der Waals surface area contributed by atoms with Crippen LogP contribution in [0.4, 0.5) is 0 Å². The SMILES string of the molecule is CCNC(=O)C(C)(C)CNC(=NCC(C)(C)c1cccs1)NCC. The quantitative estimate of drug-likeness (QED) is 0.498. The minimum Gasteiger partial charge on any atom is -0.357 e. The molecular weight excluding hydrogens is 320 g/mol. The fourth-order valence-electron chi connectivity index (χ4n) is 2.14. The molecule has 0 saturated heterocycles. The highest BCUT2D eigenvalue weighted by molar-refractivity contribution is 7.10. The Kier molecular flexibility index (Phi) is 7.73. The lowest BCUT2D eigenvalue weighted by Crippen LogP contribution is -2.48. The third-order valence-corrected chi connectivity index (χ3v) is 5.05. The van der Waals surface area contributed by atoms with Crippen molar-refractivity contribution in [2.75, 3.05) is 26.2 Å². The standard InChI is InChI=1S/C18H32N4OS/c1-7-19-15(23)18(5,6)13-22-16(20-8-2)21-12-17(3,4)14-10-9-11-24-14/h9-11H,7-8,12-13H2,1-6H3,(H,19,23)(H2,20,21,22). The zero-order valence-electron chi connectivity index (χ0n) is 15.8. The maximum atomic E-state index is 12.1. The Morgan fingerprint density at radius 3 is 2.33 bits per heavy atom. The molecule has 0 aliphatic carbocycles. The van der Waals surface area contributed by atoms with Crippen LogP contribution < -0.4 is 16.0 Å². The molecule has 0 aliphatic rings. The first-order valence-corrected chi connectivity index (χ1v) is 9.45. The molecule has 0 fully saturated rings. The Balaban J connectivity index is 2.71. The highest BCUT2D eigenvalue weighted by atomic mass is 32.1. The van der Waals surface area contributed by atoms with Crippen LogP contribution in [0.15, 0.2) is 22.5 Å². The summed E-state index contributed by atoms with van der Waals surface area (Å²) in [5.74, 6) is 0.798. The van der Waals surface area contributed by atoms with Crippen molar-refractivity contribution in [3.8, 4) is 0 Å². The molecule has 24 heavy (non-hydrogen) atoms. The van der Waals surface area contributed by atoms with Crippen LogP contribution in [0.2, 0.25) is 0 Å². The summed E-state index contributed by atoms with van der Waals surface area (Å²) in [5, 5.41) is 11.5. The predicted octanol–water partition coefficient (Wildman–Crippen LogP) is 2.74. The van der Waals surface area contributed by atoms with E-state index in [0.29, 0.717) is 19.6 Å². The van der Waals surface area contributed by atoms with Crippen LogP contribution in [0.3, 0.4) is 0 Å². The number of carbonyl (C=O) groups is 1. The fraction of sp³-hybridized carbons (Fsp3) is 0.667. The molecule has 1 aromatic rings. The van der Waals surface area contributed by atoms with E-state index >= 15 is 0 Å². The van der Waals surface area contributed by atoms with Gasteiger partial charge in [0.25, 0.3) is 0 Å². The van der Waals surface area contributed by atoms with Gasteiger partial charge in [-0.3, -0.25) is 9.79 Å². The number of nitrogens with zero attached hydrogens (tertiary/aromatic N) is 1. The fourth-order valence-corrected chi connectivity index (χ4v) is 2.99. The molecule has 0 radical (unpaired) electrons. The van der Waals surface area contributed by atoms with Crippen LogP contribution >= 0.6 is 11.3 Å². The van der Waals surface area contributed by atoms with Gasteiger partial charge in [-0.1, -0.05) is 19.9 Å². The van der Waals surface area contributed by atoms with Gasteiger partial charge in [-0.15, -0.1) is 11.3 Å². The van der Waals surface area contributed by atoms with E-state index in [9.17, 15) is 4.79 Å². The summed E-state index contributed by atoms with van der Waals surface area (Å²) in [5.41, 5.74) is -0.499. The minimum absolute atomic E-state index is 0.00831. The molecular formula is C18H32N4OS. The Bertz CT molecular complexity index is 535. The summed E-state index contributed by atoms with van der Waals surface area (Å²) in [6.45, 7) is 14.9. The van der Waals surface area contributed by atoms with Gasteiger partial charge in [0.2, 0.25) is 5.91 Å². The molecule has 3 N–H and O–H groups in total. The van der Waals surface area contributed by atoms with Crippen LogP contribution in [0.5, 0.6) is 0 Å². The third-order valence-electron chi connectivity index (χ3n) is 3.81. The van der Waals surface area contributed by atoms with Gasteiger partial charge in [0.1, 0.15) is 0 Å². The van der Waals surface area contributed by atoms with Gasteiger partial charge < -0.3 is 16.0 Å². The van der Waals surface area contributed by atoms with Crippen LogP contribution in [-0.4, -0.2) is 38.0 Å². The lowest BCUT2D eigenvalue weighted by Gasteiger charge is -2.26. The van der Waals surface area contributed by atoms with Crippen molar-refractivity contribution in [2.24, 2.45) is 10.4 Å². The third kappa shape index (κ3) is 6.15. The summed E-state index contributed by atoms with van der Waals surface area (Å²) in [6, 6.07) is 4.22. The van der Waals surface area contributed by atoms with E-state index in [0.717, 1.165) is 12.5 Å². The van der Waals surface area contributed by atoms with Crippen LogP contribution in [0, 0.1) is 5.41 Å². The smallest absolute Gasteiger partial charge is 0.227 e. The van der Waals surface area contributed by atoms with Gasteiger partial charge in [0.15, 0.2) is 5.96 Å². The number of amides is 1. The van der Waals surface area contributed by atoms with E-state index in [2.05, 4.69) is 47.3 Å². The van der Waals surface area contributed by atoms with Crippen molar-refractivity contribution < 1.29 is 4.79 Å². The van der Waals surface area contributed by atoms with Crippen LogP contribution in [0.25, 0.3) is 0 Å². The number of guanidine groups is 1. The predicted molar refractivity (Wildman–Crippen MR) is 104 cm³/mol. The maximum absolute atomic E-state index is 12.1. The van der Waals surface area contributed by atoms with Crippen molar-refractivity contribution in [3.63, 3.8) is 0 Å². The van der Waals surface area contributed by atoms with Gasteiger partial charge >= 0.3 is 0 Å². The maximum Gasteiger partial charge on any atom is 0.227 e. The molecule has 1 amide bonds. The van der Waals surface area contributed by atoms with Crippen molar-refractivity contribution >= 4 is 23.2 Å². The number of rotatable bonds is 8. The minimum atomic E-state index is -0.491. The molecule has 0 aromatic carbocycles. The van der Waals surface area contributed by atoms with E-state index in [4.69, 9.17) is 4.99 Å². The van der Waals surface area contributed by atoms with Crippen LogP contribution in [0.1, 0.15) is 46.4 Å². The van der Waals surface area contributed by atoms with Gasteiger partial charge in [-0.2, -0.15) is 0 Å². The monoisotopic (exact) mass is 352 g/mol. The second-order valence-corrected chi connectivity index (χ2v) is 8.10. The summed E-state index contributed by atoms with van der Waals surface area (Å²) in [4.78, 5) is 18.1. The van der Waals surface area contributed by atoms with Crippen molar-refractivity contribution in [1.82, 2.24) is 16.0 Å². The number of thiophene rings is 1. The lowest BCUT2D eigenvalue weighted by atomic mass is 9.91. The van der Waals surface area contributed by atoms with Crippen molar-refractivity contribution in [1.29, 1.82) is 0 Å². The van der Waals surface area contributed by atoms with E-state index in [-0.39, 0.29) is 11.3 Å². The van der Waals surface area contributed by atoms with E-state index < -0.39 is 5.41 Å². The molecule has 1 heterocycles. The van der Waals surface area contributed by atoms with Gasteiger partial charge in [0.05, 0.1) is 12.0 Å². The number of aliphatic imine (C=N–C) groups is 1. The molecule has 0 bridgehead atoms. The summed E-state index contributed by atoms with van der Waals surface area (Å²) < 4.78 is 0. The average Bonchev–Trinajstić information content (AvgIpc) is 3.05. The van der Waals surface area contributed by atoms with E-state index in [1.165, 1.54) is 4.88 Å². The number of nitrogens with one attached hydrogen (secondary N) is 3. The van der Waals surface area contributed by atoms with Crippen molar-refractivity contribution in [2.45, 2.75) is 47.0 Å². The van der Waals surface area contributed by atoms with Gasteiger partial charge in [0, 0.05) is 29.9 Å². The lowest BCUT2D eigenvalue weighted by molar-refractivity contribution is -0.128. The molecule has 136 valence electrons. The number of carbonyl (C=O) groups excluding carboxylic acids is 1. The van der Waals surface area contributed by atoms with Gasteiger partial charge in [-0.05, 0) is 39.1 Å².